The van der Waals surface area contributed by atoms with Crippen LogP contribution in [0.15, 0.2) is 18.2 Å². The molecule has 0 amide bonds. The minimum Gasteiger partial charge on any atom is -0.382 e. The fraction of sp³-hybridized carbons (Fsp3) is 0.625. The molecule has 1 N–H and O–H groups in total. The van der Waals surface area contributed by atoms with Gasteiger partial charge in [-0.3, -0.25) is 10.1 Å². The Kier molecular flexibility index (Phi) is 5.15. The zero-order valence-electron chi connectivity index (χ0n) is 12.6. The highest BCUT2D eigenvalue weighted by atomic mass is 19.1. The molecule has 5 heteroatoms. The van der Waals surface area contributed by atoms with Gasteiger partial charge in [0.2, 0.25) is 5.82 Å². The van der Waals surface area contributed by atoms with Crippen molar-refractivity contribution in [2.45, 2.75) is 52.0 Å². The summed E-state index contributed by atoms with van der Waals surface area (Å²) in [5.74, 6) is 0.643. The van der Waals surface area contributed by atoms with Crippen LogP contribution in [0.3, 0.4) is 0 Å². The lowest BCUT2D eigenvalue weighted by Crippen LogP contribution is -2.28. The van der Waals surface area contributed by atoms with E-state index in [1.54, 1.807) is 6.07 Å². The summed E-state index contributed by atoms with van der Waals surface area (Å²) in [4.78, 5) is 9.92. The van der Waals surface area contributed by atoms with Gasteiger partial charge in [0, 0.05) is 23.9 Å². The van der Waals surface area contributed by atoms with E-state index in [1.165, 1.54) is 31.4 Å². The van der Waals surface area contributed by atoms with Crippen molar-refractivity contribution in [3.05, 3.63) is 34.1 Å². The molecule has 0 radical (unpaired) electrons. The van der Waals surface area contributed by atoms with E-state index in [9.17, 15) is 14.5 Å². The van der Waals surface area contributed by atoms with Crippen LogP contribution in [0.5, 0.6) is 0 Å². The molecule has 1 fully saturated rings. The normalized spacial score (nSPS) is 22.3. The van der Waals surface area contributed by atoms with Crippen LogP contribution in [0.25, 0.3) is 0 Å². The third kappa shape index (κ3) is 4.41. The highest BCUT2D eigenvalue weighted by Crippen LogP contribution is 2.31. The molecule has 1 aromatic carbocycles. The Morgan fingerprint density at radius 2 is 2.19 bits per heavy atom. The molecule has 2 atom stereocenters. The van der Waals surface area contributed by atoms with Crippen molar-refractivity contribution in [1.82, 2.24) is 0 Å². The molecule has 21 heavy (non-hydrogen) atoms. The van der Waals surface area contributed by atoms with Crippen molar-refractivity contribution in [2.24, 2.45) is 11.8 Å². The van der Waals surface area contributed by atoms with Gasteiger partial charge >= 0.3 is 5.69 Å². The predicted octanol–water partition coefficient (Wildman–Crippen LogP) is 4.75. The summed E-state index contributed by atoms with van der Waals surface area (Å²) in [5, 5.41) is 13.9. The monoisotopic (exact) mass is 294 g/mol. The summed E-state index contributed by atoms with van der Waals surface area (Å²) >= 11 is 0. The van der Waals surface area contributed by atoms with E-state index in [0.717, 1.165) is 18.8 Å². The minimum atomic E-state index is -0.778. The van der Waals surface area contributed by atoms with Gasteiger partial charge in [0.05, 0.1) is 4.92 Å². The lowest BCUT2D eigenvalue weighted by Gasteiger charge is -2.31. The Bertz CT molecular complexity index is 505. The van der Waals surface area contributed by atoms with Crippen molar-refractivity contribution >= 4 is 11.4 Å². The molecule has 1 saturated carbocycles. The zero-order valence-corrected chi connectivity index (χ0v) is 12.6. The van der Waals surface area contributed by atoms with Crippen LogP contribution in [-0.4, -0.2) is 11.0 Å². The number of nitro benzene ring substituents is 1. The molecule has 2 rings (SSSR count). The van der Waals surface area contributed by atoms with Crippen molar-refractivity contribution in [3.63, 3.8) is 0 Å². The number of rotatable bonds is 5. The first-order valence-corrected chi connectivity index (χ1v) is 7.66. The van der Waals surface area contributed by atoms with E-state index in [2.05, 4.69) is 19.2 Å². The highest BCUT2D eigenvalue weighted by molar-refractivity contribution is 5.50. The summed E-state index contributed by atoms with van der Waals surface area (Å²) in [7, 11) is 0. The van der Waals surface area contributed by atoms with Crippen molar-refractivity contribution in [2.75, 3.05) is 5.32 Å². The zero-order chi connectivity index (χ0) is 15.4. The van der Waals surface area contributed by atoms with Gasteiger partial charge in [-0.05, 0) is 37.2 Å². The molecule has 116 valence electrons. The summed E-state index contributed by atoms with van der Waals surface area (Å²) < 4.78 is 13.6. The van der Waals surface area contributed by atoms with Gasteiger partial charge < -0.3 is 5.32 Å². The maximum absolute atomic E-state index is 13.6. The molecule has 1 aromatic rings. The molecular formula is C16H23FN2O2. The number of halogens is 1. The summed E-state index contributed by atoms with van der Waals surface area (Å²) in [5.41, 5.74) is 0.162. The molecule has 2 unspecified atom stereocenters. The second kappa shape index (κ2) is 6.87. The molecule has 0 aromatic heterocycles. The van der Waals surface area contributed by atoms with Gasteiger partial charge in [-0.25, -0.2) is 0 Å². The van der Waals surface area contributed by atoms with E-state index in [-0.39, 0.29) is 0 Å². The number of anilines is 1. The predicted molar refractivity (Wildman–Crippen MR) is 81.9 cm³/mol. The Balaban J connectivity index is 1.98. The van der Waals surface area contributed by atoms with Gasteiger partial charge in [0.25, 0.3) is 0 Å². The maximum atomic E-state index is 13.6. The lowest BCUT2D eigenvalue weighted by molar-refractivity contribution is -0.387. The first kappa shape index (κ1) is 15.7. The fourth-order valence-corrected chi connectivity index (χ4v) is 3.28. The molecule has 1 aliphatic rings. The number of nitrogens with one attached hydrogen (secondary N) is 1. The highest BCUT2D eigenvalue weighted by Gasteiger charge is 2.23. The van der Waals surface area contributed by atoms with Crippen molar-refractivity contribution in [3.8, 4) is 0 Å². The molecule has 0 heterocycles. The van der Waals surface area contributed by atoms with Gasteiger partial charge in [-0.2, -0.15) is 4.39 Å². The Hall–Kier alpha value is -1.65. The average Bonchev–Trinajstić information content (AvgIpc) is 2.37. The van der Waals surface area contributed by atoms with Crippen LogP contribution >= 0.6 is 0 Å². The van der Waals surface area contributed by atoms with Gasteiger partial charge in [0.1, 0.15) is 0 Å². The van der Waals surface area contributed by atoms with Gasteiger partial charge in [0.15, 0.2) is 0 Å². The van der Waals surface area contributed by atoms with Crippen molar-refractivity contribution < 1.29 is 9.31 Å². The third-order valence-corrected chi connectivity index (χ3v) is 4.10. The molecular weight excluding hydrogens is 271 g/mol. The number of hydrogen-bond acceptors (Lipinski definition) is 3. The number of hydrogen-bond donors (Lipinski definition) is 1. The van der Waals surface area contributed by atoms with Crippen LogP contribution in [-0.2, 0) is 0 Å². The smallest absolute Gasteiger partial charge is 0.304 e. The van der Waals surface area contributed by atoms with Crippen LogP contribution in [0.4, 0.5) is 15.8 Å². The van der Waals surface area contributed by atoms with Crippen molar-refractivity contribution in [1.29, 1.82) is 0 Å². The summed E-state index contributed by atoms with van der Waals surface area (Å²) in [6.45, 7) is 4.48. The standard InChI is InChI=1S/C16H23FN2O2/c1-11(2)8-12-4-3-5-13(9-12)18-14-6-7-16(19(20)21)15(17)10-14/h6-7,10-13,18H,3-5,8-9H2,1-2H3. The number of nitrogens with zero attached hydrogens (tertiary/aromatic N) is 1. The average molecular weight is 294 g/mol. The van der Waals surface area contributed by atoms with E-state index in [0.29, 0.717) is 17.6 Å². The Morgan fingerprint density at radius 1 is 1.43 bits per heavy atom. The lowest BCUT2D eigenvalue weighted by atomic mass is 9.81. The SMILES string of the molecule is CC(C)CC1CCCC(Nc2ccc([N+](=O)[O-])c(F)c2)C1. The largest absolute Gasteiger partial charge is 0.382 e. The van der Waals surface area contributed by atoms with E-state index < -0.39 is 16.4 Å². The van der Waals surface area contributed by atoms with Crippen LogP contribution < -0.4 is 5.32 Å². The van der Waals surface area contributed by atoms with Gasteiger partial charge in [-0.1, -0.05) is 26.7 Å². The molecule has 0 saturated heterocycles. The second-order valence-electron chi connectivity index (χ2n) is 6.43. The molecule has 1 aliphatic carbocycles. The molecule has 0 spiro atoms. The topological polar surface area (TPSA) is 55.2 Å². The maximum Gasteiger partial charge on any atom is 0.304 e. The van der Waals surface area contributed by atoms with E-state index in [4.69, 9.17) is 0 Å². The van der Waals surface area contributed by atoms with Crippen LogP contribution in [0.2, 0.25) is 0 Å². The number of nitro groups is 1. The fourth-order valence-electron chi connectivity index (χ4n) is 3.28. The molecule has 0 bridgehead atoms. The quantitative estimate of drug-likeness (QED) is 0.629. The minimum absolute atomic E-state index is 0.336. The van der Waals surface area contributed by atoms with Crippen LogP contribution in [0.1, 0.15) is 46.0 Å². The first-order chi connectivity index (χ1) is 9.95. The van der Waals surface area contributed by atoms with Gasteiger partial charge in [-0.15, -0.1) is 0 Å². The Labute approximate surface area is 124 Å². The van der Waals surface area contributed by atoms with Crippen LogP contribution in [0, 0.1) is 27.8 Å². The third-order valence-electron chi connectivity index (χ3n) is 4.10. The Morgan fingerprint density at radius 3 is 2.81 bits per heavy atom. The molecule has 4 nitrogen and oxygen atoms in total. The molecule has 0 aliphatic heterocycles. The second-order valence-corrected chi connectivity index (χ2v) is 6.43. The van der Waals surface area contributed by atoms with E-state index >= 15 is 0 Å². The summed E-state index contributed by atoms with van der Waals surface area (Å²) in [6.07, 6.45) is 5.85. The number of benzene rings is 1. The first-order valence-electron chi connectivity index (χ1n) is 7.66. The summed E-state index contributed by atoms with van der Waals surface area (Å²) in [6, 6.07) is 4.38. The van der Waals surface area contributed by atoms with E-state index in [1.807, 2.05) is 0 Å².